The fourth-order valence-corrected chi connectivity index (χ4v) is 3.58. The SMILES string of the molecule is CCc1c(C)c2ccc(NC(=O)Cn3cnc4ccccc4c3=O)cc2[nH]c1=O. The van der Waals surface area contributed by atoms with E-state index in [-0.39, 0.29) is 23.6 Å². The van der Waals surface area contributed by atoms with Crippen LogP contribution >= 0.6 is 0 Å². The van der Waals surface area contributed by atoms with E-state index in [2.05, 4.69) is 15.3 Å². The molecule has 2 heterocycles. The number of aromatic amines is 1. The van der Waals surface area contributed by atoms with Crippen molar-refractivity contribution >= 4 is 33.4 Å². The van der Waals surface area contributed by atoms with Crippen molar-refractivity contribution in [1.29, 1.82) is 0 Å². The predicted molar refractivity (Wildman–Crippen MR) is 113 cm³/mol. The van der Waals surface area contributed by atoms with Gasteiger partial charge in [0.1, 0.15) is 6.54 Å². The number of nitrogens with zero attached hydrogens (tertiary/aromatic N) is 2. The van der Waals surface area contributed by atoms with Crippen LogP contribution in [-0.4, -0.2) is 20.4 Å². The van der Waals surface area contributed by atoms with Crippen LogP contribution in [0.25, 0.3) is 21.8 Å². The van der Waals surface area contributed by atoms with Gasteiger partial charge >= 0.3 is 0 Å². The summed E-state index contributed by atoms with van der Waals surface area (Å²) in [4.78, 5) is 44.3. The summed E-state index contributed by atoms with van der Waals surface area (Å²) in [5.41, 5.74) is 3.12. The van der Waals surface area contributed by atoms with Crippen LogP contribution < -0.4 is 16.4 Å². The van der Waals surface area contributed by atoms with Gasteiger partial charge in [0.2, 0.25) is 5.91 Å². The van der Waals surface area contributed by atoms with E-state index in [1.807, 2.05) is 19.9 Å². The maximum Gasteiger partial charge on any atom is 0.261 e. The maximum absolute atomic E-state index is 12.5. The van der Waals surface area contributed by atoms with Crippen molar-refractivity contribution in [2.45, 2.75) is 26.8 Å². The fraction of sp³-hybridized carbons (Fsp3) is 0.182. The van der Waals surface area contributed by atoms with Crippen LogP contribution in [0.2, 0.25) is 0 Å². The zero-order valence-electron chi connectivity index (χ0n) is 16.2. The van der Waals surface area contributed by atoms with Gasteiger partial charge in [-0.05, 0) is 43.2 Å². The number of rotatable bonds is 4. The van der Waals surface area contributed by atoms with Crippen LogP contribution in [0.1, 0.15) is 18.1 Å². The molecule has 0 saturated heterocycles. The molecular weight excluding hydrogens is 368 g/mol. The van der Waals surface area contributed by atoms with E-state index in [0.717, 1.165) is 16.5 Å². The number of aromatic nitrogens is 3. The summed E-state index contributed by atoms with van der Waals surface area (Å²) in [5, 5.41) is 4.18. The summed E-state index contributed by atoms with van der Waals surface area (Å²) in [6, 6.07) is 12.4. The van der Waals surface area contributed by atoms with Gasteiger partial charge in [0.05, 0.1) is 22.7 Å². The van der Waals surface area contributed by atoms with Gasteiger partial charge in [-0.1, -0.05) is 25.1 Å². The zero-order chi connectivity index (χ0) is 20.5. The topological polar surface area (TPSA) is 96.8 Å². The molecule has 0 unspecified atom stereocenters. The minimum absolute atomic E-state index is 0.116. The Morgan fingerprint density at radius 3 is 2.72 bits per heavy atom. The summed E-state index contributed by atoms with van der Waals surface area (Å²) in [7, 11) is 0. The van der Waals surface area contributed by atoms with Crippen molar-refractivity contribution in [3.05, 3.63) is 80.6 Å². The van der Waals surface area contributed by atoms with Crippen LogP contribution in [0.15, 0.2) is 58.4 Å². The third-order valence-electron chi connectivity index (χ3n) is 5.08. The standard InChI is InChI=1S/C22H20N4O3/c1-3-15-13(2)16-9-8-14(10-19(16)25-21(15)28)24-20(27)11-26-12-23-18-7-5-4-6-17(18)22(26)29/h4-10,12H,3,11H2,1-2H3,(H,24,27)(H,25,28). The number of hydrogen-bond donors (Lipinski definition) is 2. The molecule has 0 fully saturated rings. The molecule has 0 atom stereocenters. The van der Waals surface area contributed by atoms with Crippen molar-refractivity contribution in [2.75, 3.05) is 5.32 Å². The Labute approximate surface area is 166 Å². The number of benzene rings is 2. The molecule has 2 aromatic carbocycles. The van der Waals surface area contributed by atoms with Gasteiger partial charge in [-0.3, -0.25) is 19.0 Å². The lowest BCUT2D eigenvalue weighted by atomic mass is 10.0. The lowest BCUT2D eigenvalue weighted by molar-refractivity contribution is -0.116. The van der Waals surface area contributed by atoms with E-state index in [9.17, 15) is 14.4 Å². The molecule has 0 aliphatic heterocycles. The fourth-order valence-electron chi connectivity index (χ4n) is 3.58. The second-order valence-electron chi connectivity index (χ2n) is 6.91. The molecule has 0 spiro atoms. The van der Waals surface area contributed by atoms with Crippen LogP contribution in [-0.2, 0) is 17.8 Å². The molecule has 2 N–H and O–H groups in total. The minimum Gasteiger partial charge on any atom is -0.324 e. The van der Waals surface area contributed by atoms with Crippen molar-refractivity contribution in [1.82, 2.24) is 14.5 Å². The predicted octanol–water partition coefficient (Wildman–Crippen LogP) is 2.75. The molecule has 0 aliphatic carbocycles. The number of hydrogen-bond acceptors (Lipinski definition) is 4. The van der Waals surface area contributed by atoms with Gasteiger partial charge in [0.25, 0.3) is 11.1 Å². The first-order chi connectivity index (χ1) is 14.0. The number of anilines is 1. The molecule has 7 heteroatoms. The Morgan fingerprint density at radius 1 is 1.14 bits per heavy atom. The molecule has 0 bridgehead atoms. The van der Waals surface area contributed by atoms with Gasteiger partial charge in [-0.15, -0.1) is 0 Å². The first-order valence-electron chi connectivity index (χ1n) is 9.37. The third-order valence-corrected chi connectivity index (χ3v) is 5.08. The summed E-state index contributed by atoms with van der Waals surface area (Å²) >= 11 is 0. The van der Waals surface area contributed by atoms with E-state index in [4.69, 9.17) is 0 Å². The molecule has 1 amide bonds. The van der Waals surface area contributed by atoms with Gasteiger partial charge in [0, 0.05) is 16.6 Å². The van der Waals surface area contributed by atoms with Gasteiger partial charge < -0.3 is 10.3 Å². The number of H-pyrrole nitrogens is 1. The van der Waals surface area contributed by atoms with Gasteiger partial charge in [0.15, 0.2) is 0 Å². The highest BCUT2D eigenvalue weighted by Crippen LogP contribution is 2.21. The highest BCUT2D eigenvalue weighted by atomic mass is 16.2. The number of nitrogens with one attached hydrogen (secondary N) is 2. The van der Waals surface area contributed by atoms with E-state index in [1.54, 1.807) is 36.4 Å². The number of aryl methyl sites for hydroxylation is 1. The van der Waals surface area contributed by atoms with Crippen molar-refractivity contribution < 1.29 is 4.79 Å². The number of carbonyl (C=O) groups excluding carboxylic acids is 1. The summed E-state index contributed by atoms with van der Waals surface area (Å²) in [5.74, 6) is -0.354. The minimum atomic E-state index is -0.354. The van der Waals surface area contributed by atoms with Crippen LogP contribution in [0.4, 0.5) is 5.69 Å². The number of amides is 1. The van der Waals surface area contributed by atoms with Crippen molar-refractivity contribution in [2.24, 2.45) is 0 Å². The van der Waals surface area contributed by atoms with Crippen LogP contribution in [0.3, 0.4) is 0 Å². The Bertz CT molecular complexity index is 1370. The molecule has 2 aromatic heterocycles. The number of pyridine rings is 1. The zero-order valence-corrected chi connectivity index (χ0v) is 16.2. The quantitative estimate of drug-likeness (QED) is 0.562. The van der Waals surface area contributed by atoms with E-state index >= 15 is 0 Å². The number of fused-ring (bicyclic) bond motifs is 2. The first kappa shape index (κ1) is 18.6. The average molecular weight is 388 g/mol. The first-order valence-corrected chi connectivity index (χ1v) is 9.37. The third kappa shape index (κ3) is 3.42. The Balaban J connectivity index is 1.60. The van der Waals surface area contributed by atoms with Gasteiger partial charge in [-0.2, -0.15) is 0 Å². The van der Waals surface area contributed by atoms with E-state index in [1.165, 1.54) is 10.9 Å². The second-order valence-corrected chi connectivity index (χ2v) is 6.91. The largest absolute Gasteiger partial charge is 0.324 e. The molecule has 7 nitrogen and oxygen atoms in total. The average Bonchev–Trinajstić information content (AvgIpc) is 2.70. The van der Waals surface area contributed by atoms with Gasteiger partial charge in [-0.25, -0.2) is 4.98 Å². The van der Waals surface area contributed by atoms with Crippen LogP contribution in [0.5, 0.6) is 0 Å². The number of para-hydroxylation sites is 1. The molecule has 4 rings (SSSR count). The monoisotopic (exact) mass is 388 g/mol. The highest BCUT2D eigenvalue weighted by molar-refractivity contribution is 5.94. The molecular formula is C22H20N4O3. The highest BCUT2D eigenvalue weighted by Gasteiger charge is 2.11. The Morgan fingerprint density at radius 2 is 1.93 bits per heavy atom. The van der Waals surface area contributed by atoms with Crippen molar-refractivity contribution in [3.63, 3.8) is 0 Å². The van der Waals surface area contributed by atoms with Crippen molar-refractivity contribution in [3.8, 4) is 0 Å². The lowest BCUT2D eigenvalue weighted by Gasteiger charge is -2.11. The summed E-state index contributed by atoms with van der Waals surface area (Å²) < 4.78 is 1.28. The second kappa shape index (κ2) is 7.35. The molecule has 29 heavy (non-hydrogen) atoms. The Hall–Kier alpha value is -3.74. The molecule has 0 saturated carbocycles. The molecule has 4 aromatic rings. The summed E-state index contributed by atoms with van der Waals surface area (Å²) in [6.07, 6.45) is 2.03. The lowest BCUT2D eigenvalue weighted by Crippen LogP contribution is -2.27. The molecule has 0 radical (unpaired) electrons. The smallest absolute Gasteiger partial charge is 0.261 e. The Kier molecular flexibility index (Phi) is 4.72. The normalized spacial score (nSPS) is 11.1. The van der Waals surface area contributed by atoms with E-state index in [0.29, 0.717) is 28.5 Å². The number of carbonyl (C=O) groups is 1. The molecule has 0 aliphatic rings. The maximum atomic E-state index is 12.5. The summed E-state index contributed by atoms with van der Waals surface area (Å²) in [6.45, 7) is 3.72. The van der Waals surface area contributed by atoms with Crippen LogP contribution in [0, 0.1) is 6.92 Å². The molecule has 146 valence electrons. The van der Waals surface area contributed by atoms with E-state index < -0.39 is 0 Å².